The molecular formula is C12H19NO. The third-order valence-electron chi connectivity index (χ3n) is 2.19. The zero-order chi connectivity index (χ0) is 10.6. The standard InChI is InChI=1S/C12H19NO/c1-9(2)14-12(8-13)11-7-5-4-6-10(11)3/h4-7,9,12H,8,13H2,1-3H3/t12-/m1/s1. The summed E-state index contributed by atoms with van der Waals surface area (Å²) >= 11 is 0. The van der Waals surface area contributed by atoms with Crippen LogP contribution in [0.1, 0.15) is 31.1 Å². The second kappa shape index (κ2) is 5.13. The molecule has 2 N–H and O–H groups in total. The van der Waals surface area contributed by atoms with Gasteiger partial charge in [0.15, 0.2) is 0 Å². The largest absolute Gasteiger partial charge is 0.370 e. The summed E-state index contributed by atoms with van der Waals surface area (Å²) in [5.74, 6) is 0. The van der Waals surface area contributed by atoms with Crippen LogP contribution in [0.15, 0.2) is 24.3 Å². The predicted molar refractivity (Wildman–Crippen MR) is 59.2 cm³/mol. The highest BCUT2D eigenvalue weighted by Gasteiger charge is 2.13. The van der Waals surface area contributed by atoms with Crippen molar-refractivity contribution in [2.45, 2.75) is 33.0 Å². The third-order valence-corrected chi connectivity index (χ3v) is 2.19. The maximum atomic E-state index is 5.74. The van der Waals surface area contributed by atoms with Crippen molar-refractivity contribution >= 4 is 0 Å². The van der Waals surface area contributed by atoms with Gasteiger partial charge in [-0.05, 0) is 31.9 Å². The Morgan fingerprint density at radius 3 is 2.43 bits per heavy atom. The molecule has 1 aromatic rings. The van der Waals surface area contributed by atoms with Crippen LogP contribution in [0.25, 0.3) is 0 Å². The average Bonchev–Trinajstić information content (AvgIpc) is 2.15. The summed E-state index contributed by atoms with van der Waals surface area (Å²) in [5, 5.41) is 0. The van der Waals surface area contributed by atoms with Gasteiger partial charge >= 0.3 is 0 Å². The van der Waals surface area contributed by atoms with Crippen LogP contribution in [0, 0.1) is 6.92 Å². The van der Waals surface area contributed by atoms with Gasteiger partial charge < -0.3 is 10.5 Å². The van der Waals surface area contributed by atoms with Crippen LogP contribution in [0.3, 0.4) is 0 Å². The molecule has 2 nitrogen and oxygen atoms in total. The molecule has 0 aliphatic rings. The minimum absolute atomic E-state index is 0.0243. The van der Waals surface area contributed by atoms with Gasteiger partial charge in [-0.15, -0.1) is 0 Å². The molecule has 0 bridgehead atoms. The molecule has 1 aromatic carbocycles. The second-order valence-corrected chi connectivity index (χ2v) is 3.77. The van der Waals surface area contributed by atoms with E-state index in [0.717, 1.165) is 0 Å². The highest BCUT2D eigenvalue weighted by atomic mass is 16.5. The quantitative estimate of drug-likeness (QED) is 0.797. The Bertz CT molecular complexity index is 283. The van der Waals surface area contributed by atoms with E-state index >= 15 is 0 Å². The summed E-state index contributed by atoms with van der Waals surface area (Å²) in [5.41, 5.74) is 8.13. The van der Waals surface area contributed by atoms with Crippen molar-refractivity contribution in [3.8, 4) is 0 Å². The van der Waals surface area contributed by atoms with Crippen LogP contribution in [0.4, 0.5) is 0 Å². The minimum atomic E-state index is 0.0243. The molecule has 0 saturated carbocycles. The maximum absolute atomic E-state index is 5.74. The first-order valence-corrected chi connectivity index (χ1v) is 5.06. The van der Waals surface area contributed by atoms with Crippen LogP contribution in [-0.2, 0) is 4.74 Å². The summed E-state index contributed by atoms with van der Waals surface area (Å²) in [6.45, 7) is 6.67. The summed E-state index contributed by atoms with van der Waals surface area (Å²) < 4.78 is 5.74. The van der Waals surface area contributed by atoms with Gasteiger partial charge in [0.25, 0.3) is 0 Å². The molecule has 0 saturated heterocycles. The van der Waals surface area contributed by atoms with Gasteiger partial charge in [-0.1, -0.05) is 24.3 Å². The zero-order valence-electron chi connectivity index (χ0n) is 9.16. The van der Waals surface area contributed by atoms with Gasteiger partial charge in [-0.3, -0.25) is 0 Å². The summed E-state index contributed by atoms with van der Waals surface area (Å²) in [6, 6.07) is 8.22. The average molecular weight is 193 g/mol. The van der Waals surface area contributed by atoms with Gasteiger partial charge in [0, 0.05) is 6.54 Å². The number of hydrogen-bond acceptors (Lipinski definition) is 2. The minimum Gasteiger partial charge on any atom is -0.370 e. The van der Waals surface area contributed by atoms with Crippen molar-refractivity contribution in [2.75, 3.05) is 6.54 Å². The first-order chi connectivity index (χ1) is 6.65. The van der Waals surface area contributed by atoms with E-state index in [9.17, 15) is 0 Å². The van der Waals surface area contributed by atoms with E-state index in [0.29, 0.717) is 6.54 Å². The van der Waals surface area contributed by atoms with Crippen LogP contribution in [-0.4, -0.2) is 12.6 Å². The number of ether oxygens (including phenoxy) is 1. The van der Waals surface area contributed by atoms with Crippen molar-refractivity contribution in [1.29, 1.82) is 0 Å². The van der Waals surface area contributed by atoms with Crippen molar-refractivity contribution in [3.05, 3.63) is 35.4 Å². The normalized spacial score (nSPS) is 13.2. The van der Waals surface area contributed by atoms with E-state index in [4.69, 9.17) is 10.5 Å². The molecule has 0 radical (unpaired) electrons. The van der Waals surface area contributed by atoms with Crippen molar-refractivity contribution in [2.24, 2.45) is 5.73 Å². The highest BCUT2D eigenvalue weighted by Crippen LogP contribution is 2.21. The van der Waals surface area contributed by atoms with Gasteiger partial charge in [0.05, 0.1) is 12.2 Å². The molecule has 0 heterocycles. The number of benzene rings is 1. The molecule has 0 unspecified atom stereocenters. The molecule has 78 valence electrons. The van der Waals surface area contributed by atoms with E-state index in [1.807, 2.05) is 26.0 Å². The molecule has 1 rings (SSSR count). The van der Waals surface area contributed by atoms with Gasteiger partial charge in [-0.2, -0.15) is 0 Å². The maximum Gasteiger partial charge on any atom is 0.0953 e. The lowest BCUT2D eigenvalue weighted by molar-refractivity contribution is 0.0116. The van der Waals surface area contributed by atoms with Crippen molar-refractivity contribution < 1.29 is 4.74 Å². The van der Waals surface area contributed by atoms with E-state index < -0.39 is 0 Å². The smallest absolute Gasteiger partial charge is 0.0953 e. The Hall–Kier alpha value is -0.860. The Labute approximate surface area is 86.1 Å². The molecule has 0 spiro atoms. The Morgan fingerprint density at radius 1 is 1.29 bits per heavy atom. The predicted octanol–water partition coefficient (Wildman–Crippen LogP) is 2.42. The molecule has 0 fully saturated rings. The lowest BCUT2D eigenvalue weighted by atomic mass is 10.0. The van der Waals surface area contributed by atoms with Crippen LogP contribution >= 0.6 is 0 Å². The van der Waals surface area contributed by atoms with Crippen molar-refractivity contribution in [1.82, 2.24) is 0 Å². The molecule has 0 amide bonds. The SMILES string of the molecule is Cc1ccccc1[C@@H](CN)OC(C)C. The number of aryl methyl sites for hydroxylation is 1. The van der Waals surface area contributed by atoms with Gasteiger partial charge in [0.2, 0.25) is 0 Å². The Balaban J connectivity index is 2.83. The Kier molecular flexibility index (Phi) is 4.11. The summed E-state index contributed by atoms with van der Waals surface area (Å²) in [4.78, 5) is 0. The lowest BCUT2D eigenvalue weighted by Crippen LogP contribution is -2.20. The van der Waals surface area contributed by atoms with Gasteiger partial charge in [-0.25, -0.2) is 0 Å². The number of nitrogens with two attached hydrogens (primary N) is 1. The molecule has 1 atom stereocenters. The van der Waals surface area contributed by atoms with Crippen molar-refractivity contribution in [3.63, 3.8) is 0 Å². The first-order valence-electron chi connectivity index (χ1n) is 5.06. The molecular weight excluding hydrogens is 174 g/mol. The fourth-order valence-electron chi connectivity index (χ4n) is 1.53. The lowest BCUT2D eigenvalue weighted by Gasteiger charge is -2.20. The second-order valence-electron chi connectivity index (χ2n) is 3.77. The fourth-order valence-corrected chi connectivity index (χ4v) is 1.53. The van der Waals surface area contributed by atoms with Gasteiger partial charge in [0.1, 0.15) is 0 Å². The number of rotatable bonds is 4. The Morgan fingerprint density at radius 2 is 1.93 bits per heavy atom. The summed E-state index contributed by atoms with van der Waals surface area (Å²) in [7, 11) is 0. The first kappa shape index (κ1) is 11.2. The van der Waals surface area contributed by atoms with E-state index in [1.165, 1.54) is 11.1 Å². The van der Waals surface area contributed by atoms with Crippen LogP contribution in [0.5, 0.6) is 0 Å². The fraction of sp³-hybridized carbons (Fsp3) is 0.500. The third kappa shape index (κ3) is 2.82. The van der Waals surface area contributed by atoms with Crippen LogP contribution < -0.4 is 5.73 Å². The van der Waals surface area contributed by atoms with E-state index in [2.05, 4.69) is 19.1 Å². The molecule has 0 aromatic heterocycles. The van der Waals surface area contributed by atoms with E-state index in [-0.39, 0.29) is 12.2 Å². The topological polar surface area (TPSA) is 35.2 Å². The van der Waals surface area contributed by atoms with Crippen LogP contribution in [0.2, 0.25) is 0 Å². The molecule has 0 aliphatic heterocycles. The van der Waals surface area contributed by atoms with E-state index in [1.54, 1.807) is 0 Å². The highest BCUT2D eigenvalue weighted by molar-refractivity contribution is 5.28. The number of hydrogen-bond donors (Lipinski definition) is 1. The zero-order valence-corrected chi connectivity index (χ0v) is 9.16. The molecule has 0 aliphatic carbocycles. The molecule has 14 heavy (non-hydrogen) atoms. The monoisotopic (exact) mass is 193 g/mol. The molecule has 2 heteroatoms. The summed E-state index contributed by atoms with van der Waals surface area (Å²) in [6.07, 6.45) is 0.236.